The number of hydrogen-bond acceptors (Lipinski definition) is 1. The number of alkyl halides is 3. The maximum Gasteiger partial charge on any atom is 0.416 e. The van der Waals surface area contributed by atoms with Crippen LogP contribution < -0.4 is 4.74 Å². The molecule has 0 unspecified atom stereocenters. The Morgan fingerprint density at radius 3 is 1.38 bits per heavy atom. The first-order valence-electron chi connectivity index (χ1n) is 6.62. The highest BCUT2D eigenvalue weighted by Crippen LogP contribution is 2.32. The molecule has 2 aromatic carbocycles. The maximum absolute atomic E-state index is 12.5. The van der Waals surface area contributed by atoms with Crippen molar-refractivity contribution < 1.29 is 17.9 Å². The molecule has 2 rings (SSSR count). The van der Waals surface area contributed by atoms with E-state index in [1.54, 1.807) is 0 Å². The smallest absolute Gasteiger partial charge is 0.416 e. The second kappa shape index (κ2) is 5.43. The quantitative estimate of drug-likeness (QED) is 0.680. The van der Waals surface area contributed by atoms with E-state index in [9.17, 15) is 13.2 Å². The van der Waals surface area contributed by atoms with E-state index < -0.39 is 11.7 Å². The van der Waals surface area contributed by atoms with Gasteiger partial charge in [0.2, 0.25) is 0 Å². The SMILES string of the molecule is CC(C)(C)c1ccc(Oc2ccc(C(F)(F)F)cc2)cc1. The summed E-state index contributed by atoms with van der Waals surface area (Å²) in [5, 5.41) is 0. The van der Waals surface area contributed by atoms with Gasteiger partial charge in [0.25, 0.3) is 0 Å². The molecule has 4 heteroatoms. The molecule has 0 aliphatic heterocycles. The van der Waals surface area contributed by atoms with Crippen molar-refractivity contribution in [1.82, 2.24) is 0 Å². The molecule has 0 saturated heterocycles. The molecule has 0 N–H and O–H groups in total. The highest BCUT2D eigenvalue weighted by molar-refractivity contribution is 5.36. The molecule has 0 fully saturated rings. The average Bonchev–Trinajstić information content (AvgIpc) is 2.38. The van der Waals surface area contributed by atoms with Crippen molar-refractivity contribution >= 4 is 0 Å². The van der Waals surface area contributed by atoms with Crippen molar-refractivity contribution in [2.75, 3.05) is 0 Å². The zero-order valence-corrected chi connectivity index (χ0v) is 12.2. The van der Waals surface area contributed by atoms with Crippen molar-refractivity contribution in [3.8, 4) is 11.5 Å². The lowest BCUT2D eigenvalue weighted by molar-refractivity contribution is -0.137. The minimum Gasteiger partial charge on any atom is -0.457 e. The van der Waals surface area contributed by atoms with E-state index in [2.05, 4.69) is 20.8 Å². The summed E-state index contributed by atoms with van der Waals surface area (Å²) in [6.45, 7) is 6.33. The molecule has 21 heavy (non-hydrogen) atoms. The summed E-state index contributed by atoms with van der Waals surface area (Å²) >= 11 is 0. The second-order valence-electron chi connectivity index (χ2n) is 5.90. The van der Waals surface area contributed by atoms with Gasteiger partial charge in [0.15, 0.2) is 0 Å². The standard InChI is InChI=1S/C17H17F3O/c1-16(2,3)12-4-8-14(9-5-12)21-15-10-6-13(7-11-15)17(18,19)20/h4-11H,1-3H3. The number of ether oxygens (including phenoxy) is 1. The van der Waals surface area contributed by atoms with Crippen molar-refractivity contribution in [1.29, 1.82) is 0 Å². The number of halogens is 3. The van der Waals surface area contributed by atoms with Gasteiger partial charge in [-0.2, -0.15) is 13.2 Å². The van der Waals surface area contributed by atoms with Crippen LogP contribution in [0.1, 0.15) is 31.9 Å². The fourth-order valence-electron chi connectivity index (χ4n) is 1.87. The third kappa shape index (κ3) is 4.00. The van der Waals surface area contributed by atoms with E-state index in [1.165, 1.54) is 17.7 Å². The lowest BCUT2D eigenvalue weighted by atomic mass is 9.87. The van der Waals surface area contributed by atoms with Crippen LogP contribution in [0.2, 0.25) is 0 Å². The minimum absolute atomic E-state index is 0.0485. The number of rotatable bonds is 2. The molecule has 0 heterocycles. The van der Waals surface area contributed by atoms with Crippen molar-refractivity contribution in [3.63, 3.8) is 0 Å². The molecule has 0 aliphatic rings. The minimum atomic E-state index is -4.33. The summed E-state index contributed by atoms with van der Waals surface area (Å²) in [7, 11) is 0. The predicted octanol–water partition coefficient (Wildman–Crippen LogP) is 5.80. The van der Waals surface area contributed by atoms with E-state index >= 15 is 0 Å². The predicted molar refractivity (Wildman–Crippen MR) is 76.7 cm³/mol. The van der Waals surface area contributed by atoms with E-state index in [4.69, 9.17) is 4.74 Å². The first-order chi connectivity index (χ1) is 9.66. The fraction of sp³-hybridized carbons (Fsp3) is 0.294. The maximum atomic E-state index is 12.5. The Morgan fingerprint density at radius 1 is 0.667 bits per heavy atom. The van der Waals surface area contributed by atoms with Gasteiger partial charge >= 0.3 is 6.18 Å². The van der Waals surface area contributed by atoms with Crippen molar-refractivity contribution in [2.24, 2.45) is 0 Å². The molecule has 112 valence electrons. The molecular formula is C17H17F3O. The van der Waals surface area contributed by atoms with E-state index in [-0.39, 0.29) is 5.41 Å². The van der Waals surface area contributed by atoms with Crippen molar-refractivity contribution in [2.45, 2.75) is 32.4 Å². The third-order valence-corrected chi connectivity index (χ3v) is 3.14. The zero-order chi connectivity index (χ0) is 15.7. The Hall–Kier alpha value is -1.97. The van der Waals surface area contributed by atoms with Gasteiger partial charge in [-0.25, -0.2) is 0 Å². The molecule has 0 atom stereocenters. The summed E-state index contributed by atoms with van der Waals surface area (Å²) in [4.78, 5) is 0. The van der Waals surface area contributed by atoms with Gasteiger partial charge in [0.05, 0.1) is 5.56 Å². The fourth-order valence-corrected chi connectivity index (χ4v) is 1.87. The zero-order valence-electron chi connectivity index (χ0n) is 12.2. The summed E-state index contributed by atoms with van der Waals surface area (Å²) in [5.74, 6) is 0.981. The Bertz CT molecular complexity index is 534. The number of benzene rings is 2. The van der Waals surface area contributed by atoms with E-state index in [1.807, 2.05) is 24.3 Å². The lowest BCUT2D eigenvalue weighted by Crippen LogP contribution is -2.10. The van der Waals surface area contributed by atoms with E-state index in [0.717, 1.165) is 12.1 Å². The average molecular weight is 294 g/mol. The van der Waals surface area contributed by atoms with Crippen LogP contribution >= 0.6 is 0 Å². The van der Waals surface area contributed by atoms with Crippen LogP contribution in [-0.2, 0) is 11.6 Å². The van der Waals surface area contributed by atoms with Gasteiger partial charge in [-0.15, -0.1) is 0 Å². The topological polar surface area (TPSA) is 9.23 Å². The normalized spacial score (nSPS) is 12.3. The van der Waals surface area contributed by atoms with Crippen LogP contribution in [0.25, 0.3) is 0 Å². The van der Waals surface area contributed by atoms with Crippen LogP contribution in [0.3, 0.4) is 0 Å². The first kappa shape index (κ1) is 15.4. The van der Waals surface area contributed by atoms with E-state index in [0.29, 0.717) is 11.5 Å². The lowest BCUT2D eigenvalue weighted by Gasteiger charge is -2.19. The summed E-state index contributed by atoms with van der Waals surface area (Å²) < 4.78 is 42.9. The van der Waals surface area contributed by atoms with Crippen LogP contribution in [-0.4, -0.2) is 0 Å². The Labute approximate surface area is 122 Å². The molecule has 0 saturated carbocycles. The van der Waals surface area contributed by atoms with Crippen LogP contribution in [0.5, 0.6) is 11.5 Å². The van der Waals surface area contributed by atoms with Crippen LogP contribution in [0, 0.1) is 0 Å². The van der Waals surface area contributed by atoms with Crippen LogP contribution in [0.4, 0.5) is 13.2 Å². The Kier molecular flexibility index (Phi) is 3.99. The van der Waals surface area contributed by atoms with Crippen molar-refractivity contribution in [3.05, 3.63) is 59.7 Å². The summed E-state index contributed by atoms with van der Waals surface area (Å²) in [6.07, 6.45) is -4.33. The van der Waals surface area contributed by atoms with Gasteiger partial charge in [0, 0.05) is 0 Å². The molecule has 1 nitrogen and oxygen atoms in total. The largest absolute Gasteiger partial charge is 0.457 e. The molecule has 0 bridgehead atoms. The molecule has 0 aromatic heterocycles. The molecule has 0 amide bonds. The number of hydrogen-bond donors (Lipinski definition) is 0. The Morgan fingerprint density at radius 2 is 1.05 bits per heavy atom. The molecule has 2 aromatic rings. The molecule has 0 radical (unpaired) electrons. The second-order valence-corrected chi connectivity index (χ2v) is 5.90. The first-order valence-corrected chi connectivity index (χ1v) is 6.62. The Balaban J connectivity index is 2.12. The van der Waals surface area contributed by atoms with Gasteiger partial charge in [-0.05, 0) is 47.4 Å². The van der Waals surface area contributed by atoms with Gasteiger partial charge in [-0.1, -0.05) is 32.9 Å². The molecule has 0 spiro atoms. The molecular weight excluding hydrogens is 277 g/mol. The summed E-state index contributed by atoms with van der Waals surface area (Å²) in [5.41, 5.74) is 0.535. The van der Waals surface area contributed by atoms with Gasteiger partial charge in [0.1, 0.15) is 11.5 Å². The highest BCUT2D eigenvalue weighted by Gasteiger charge is 2.30. The highest BCUT2D eigenvalue weighted by atomic mass is 19.4. The van der Waals surface area contributed by atoms with Crippen LogP contribution in [0.15, 0.2) is 48.5 Å². The molecule has 0 aliphatic carbocycles. The monoisotopic (exact) mass is 294 g/mol. The van der Waals surface area contributed by atoms with Gasteiger partial charge < -0.3 is 4.74 Å². The summed E-state index contributed by atoms with van der Waals surface area (Å²) in [6, 6.07) is 12.2. The third-order valence-electron chi connectivity index (χ3n) is 3.14. The van der Waals surface area contributed by atoms with Gasteiger partial charge in [-0.3, -0.25) is 0 Å².